The fraction of sp³-hybridized carbons (Fsp3) is 0.259. The largest absolute Gasteiger partial charge is 0.507 e. The number of hydrazine groups is 1. The van der Waals surface area contributed by atoms with E-state index in [4.69, 9.17) is 19.4 Å². The van der Waals surface area contributed by atoms with Gasteiger partial charge < -0.3 is 18.7 Å². The number of rotatable bonds is 7. The Morgan fingerprint density at radius 2 is 1.76 bits per heavy atom. The topological polar surface area (TPSA) is 165 Å². The zero-order valence-electron chi connectivity index (χ0n) is 21.7. The number of phenolic OH excluding ortho intramolecular Hbond substituents is 1. The minimum Gasteiger partial charge on any atom is -0.507 e. The number of nitrogens with one attached hydrogen (secondary N) is 1. The molecule has 0 fully saturated rings. The molecular weight excluding hydrogens is 506 g/mol. The fourth-order valence-electron chi connectivity index (χ4n) is 3.41. The highest BCUT2D eigenvalue weighted by Crippen LogP contribution is 2.38. The first kappa shape index (κ1) is 28.3. The Kier molecular flexibility index (Phi) is 8.21. The molecule has 1 aromatic heterocycles. The minimum absolute atomic E-state index is 0.0439. The van der Waals surface area contributed by atoms with Gasteiger partial charge in [-0.15, -0.1) is 0 Å². The van der Waals surface area contributed by atoms with Crippen molar-refractivity contribution in [1.82, 2.24) is 5.43 Å². The first-order chi connectivity index (χ1) is 17.8. The smallest absolute Gasteiger partial charge is 0.382 e. The third-order valence-electron chi connectivity index (χ3n) is 6.57. The molecule has 0 saturated heterocycles. The average molecular weight is 536 g/mol. The van der Waals surface area contributed by atoms with Crippen molar-refractivity contribution in [2.24, 2.45) is 5.84 Å². The molecule has 0 radical (unpaired) electrons. The molecule has 11 heteroatoms. The second-order valence-corrected chi connectivity index (χ2v) is 14.8. The van der Waals surface area contributed by atoms with Crippen molar-refractivity contribution < 1.29 is 33.1 Å². The highest BCUT2D eigenvalue weighted by molar-refractivity contribution is 6.74. The molecule has 3 rings (SSSR count). The van der Waals surface area contributed by atoms with Crippen molar-refractivity contribution in [3.8, 4) is 22.9 Å². The van der Waals surface area contributed by atoms with E-state index >= 15 is 0 Å². The number of carbonyl (C=O) groups is 3. The summed E-state index contributed by atoms with van der Waals surface area (Å²) in [5.74, 6) is 1.03. The van der Waals surface area contributed by atoms with Crippen LogP contribution in [0, 0.1) is 11.3 Å². The molecule has 1 amide bonds. The number of aromatic hydroxyl groups is 1. The number of phenols is 1. The number of amides is 1. The Balaban J connectivity index is 1.99. The van der Waals surface area contributed by atoms with Gasteiger partial charge in [-0.05, 0) is 35.8 Å². The number of carbonyl (C=O) groups excluding carboxylic acids is 3. The first-order valence-electron chi connectivity index (χ1n) is 11.7. The van der Waals surface area contributed by atoms with E-state index in [1.54, 1.807) is 30.3 Å². The monoisotopic (exact) mass is 535 g/mol. The number of esters is 2. The lowest BCUT2D eigenvalue weighted by Gasteiger charge is -2.36. The predicted molar refractivity (Wildman–Crippen MR) is 140 cm³/mol. The lowest BCUT2D eigenvalue weighted by Crippen LogP contribution is -2.40. The number of furan rings is 1. The van der Waals surface area contributed by atoms with Gasteiger partial charge in [0.05, 0.1) is 24.0 Å². The standard InChI is InChI=1S/C27H29N3O7Si/c1-27(2,3)38(4,5)36-15-17-14-35-23(21(17)16-9-7-6-8-10-16)26(34)37-25(33)18-11-12-20(31)19(13-28)22(18)24(32)30-29/h6-12,14,31H,15,29H2,1-5H3,(H,30,32). The Morgan fingerprint density at radius 1 is 1.11 bits per heavy atom. The van der Waals surface area contributed by atoms with Gasteiger partial charge in [-0.25, -0.2) is 15.4 Å². The van der Waals surface area contributed by atoms with Crippen LogP contribution in [0.5, 0.6) is 5.75 Å². The van der Waals surface area contributed by atoms with Crippen LogP contribution in [0.1, 0.15) is 63.2 Å². The van der Waals surface area contributed by atoms with Gasteiger partial charge in [0, 0.05) is 11.1 Å². The lowest BCUT2D eigenvalue weighted by molar-refractivity contribution is 0.0374. The molecule has 2 aromatic carbocycles. The van der Waals surface area contributed by atoms with Gasteiger partial charge in [-0.2, -0.15) is 5.26 Å². The van der Waals surface area contributed by atoms with Crippen molar-refractivity contribution in [1.29, 1.82) is 5.26 Å². The predicted octanol–water partition coefficient (Wildman–Crippen LogP) is 4.65. The van der Waals surface area contributed by atoms with Gasteiger partial charge in [0.15, 0.2) is 8.32 Å². The third kappa shape index (κ3) is 5.68. The van der Waals surface area contributed by atoms with E-state index in [0.717, 1.165) is 12.1 Å². The third-order valence-corrected chi connectivity index (χ3v) is 11.0. The first-order valence-corrected chi connectivity index (χ1v) is 14.6. The van der Waals surface area contributed by atoms with Gasteiger partial charge in [-0.1, -0.05) is 51.1 Å². The number of hydrogen-bond acceptors (Lipinski definition) is 9. The van der Waals surface area contributed by atoms with E-state index in [0.29, 0.717) is 16.7 Å². The molecule has 0 aliphatic carbocycles. The normalized spacial score (nSPS) is 11.5. The summed E-state index contributed by atoms with van der Waals surface area (Å²) in [7, 11) is -2.14. The van der Waals surface area contributed by atoms with Crippen molar-refractivity contribution >= 4 is 26.2 Å². The summed E-state index contributed by atoms with van der Waals surface area (Å²) in [4.78, 5) is 38.4. The van der Waals surface area contributed by atoms with Gasteiger partial charge in [0.1, 0.15) is 17.4 Å². The molecular formula is C27H29N3O7Si. The lowest BCUT2D eigenvalue weighted by atomic mass is 10.00. The highest BCUT2D eigenvalue weighted by Gasteiger charge is 2.38. The van der Waals surface area contributed by atoms with Crippen LogP contribution in [-0.4, -0.2) is 31.3 Å². The minimum atomic E-state index is -2.14. The van der Waals surface area contributed by atoms with Crippen LogP contribution in [0.3, 0.4) is 0 Å². The maximum Gasteiger partial charge on any atom is 0.382 e. The molecule has 0 saturated carbocycles. The summed E-state index contributed by atoms with van der Waals surface area (Å²) in [6.07, 6.45) is 1.39. The van der Waals surface area contributed by atoms with E-state index in [1.807, 2.05) is 11.5 Å². The number of nitrogens with zero attached hydrogens (tertiary/aromatic N) is 1. The van der Waals surface area contributed by atoms with Crippen LogP contribution in [0.25, 0.3) is 11.1 Å². The number of nitriles is 1. The van der Waals surface area contributed by atoms with Crippen molar-refractivity contribution in [2.45, 2.75) is 45.5 Å². The zero-order chi connectivity index (χ0) is 28.3. The number of hydrogen-bond donors (Lipinski definition) is 3. The second kappa shape index (κ2) is 11.0. The Morgan fingerprint density at radius 3 is 2.34 bits per heavy atom. The molecule has 0 aliphatic heterocycles. The maximum absolute atomic E-state index is 13.2. The molecule has 3 aromatic rings. The van der Waals surface area contributed by atoms with Crippen LogP contribution in [0.2, 0.25) is 18.1 Å². The molecule has 10 nitrogen and oxygen atoms in total. The van der Waals surface area contributed by atoms with Crippen LogP contribution in [0.4, 0.5) is 0 Å². The SMILES string of the molecule is CC(C)(C)[Si](C)(C)OCc1coc(C(=O)OC(=O)c2ccc(O)c(C#N)c2C(=O)NN)c1-c1ccccc1. The second-order valence-electron chi connectivity index (χ2n) is 10.0. The zero-order valence-corrected chi connectivity index (χ0v) is 22.7. The number of benzene rings is 2. The van der Waals surface area contributed by atoms with Crippen LogP contribution >= 0.6 is 0 Å². The summed E-state index contributed by atoms with van der Waals surface area (Å²) in [6, 6.07) is 12.7. The summed E-state index contributed by atoms with van der Waals surface area (Å²) in [5.41, 5.74) is 2.00. The average Bonchev–Trinajstić information content (AvgIpc) is 3.30. The number of nitrogen functional groups attached to an aromatic ring is 1. The van der Waals surface area contributed by atoms with Gasteiger partial charge in [0.2, 0.25) is 5.76 Å². The van der Waals surface area contributed by atoms with Gasteiger partial charge >= 0.3 is 11.9 Å². The molecule has 0 unspecified atom stereocenters. The fourth-order valence-corrected chi connectivity index (χ4v) is 4.36. The molecule has 0 bridgehead atoms. The van der Waals surface area contributed by atoms with E-state index < -0.39 is 48.6 Å². The molecule has 0 spiro atoms. The highest BCUT2D eigenvalue weighted by atomic mass is 28.4. The molecule has 4 N–H and O–H groups in total. The number of ether oxygens (including phenoxy) is 1. The van der Waals surface area contributed by atoms with Crippen molar-refractivity contribution in [2.75, 3.05) is 0 Å². The van der Waals surface area contributed by atoms with Crippen molar-refractivity contribution in [3.05, 3.63) is 76.7 Å². The van der Waals surface area contributed by atoms with E-state index in [-0.39, 0.29) is 17.4 Å². The molecule has 198 valence electrons. The number of nitrogens with two attached hydrogens (primary N) is 1. The molecule has 0 atom stereocenters. The molecule has 1 heterocycles. The van der Waals surface area contributed by atoms with Crippen molar-refractivity contribution in [3.63, 3.8) is 0 Å². The van der Waals surface area contributed by atoms with Crippen LogP contribution < -0.4 is 11.3 Å². The van der Waals surface area contributed by atoms with E-state index in [9.17, 15) is 24.8 Å². The molecule has 0 aliphatic rings. The van der Waals surface area contributed by atoms with Gasteiger partial charge in [0.25, 0.3) is 5.91 Å². The van der Waals surface area contributed by atoms with E-state index in [2.05, 4.69) is 33.9 Å². The Hall–Kier alpha value is -4.24. The summed E-state index contributed by atoms with van der Waals surface area (Å²) < 4.78 is 17.0. The molecule has 38 heavy (non-hydrogen) atoms. The summed E-state index contributed by atoms with van der Waals surface area (Å²) in [6.45, 7) is 10.7. The van der Waals surface area contributed by atoms with Gasteiger partial charge in [-0.3, -0.25) is 10.2 Å². The van der Waals surface area contributed by atoms with E-state index in [1.165, 1.54) is 6.26 Å². The maximum atomic E-state index is 13.2. The Bertz CT molecular complexity index is 1420. The van der Waals surface area contributed by atoms with Crippen LogP contribution in [-0.2, 0) is 15.8 Å². The Labute approximate surface area is 221 Å². The quantitative estimate of drug-likeness (QED) is 0.0975. The summed E-state index contributed by atoms with van der Waals surface area (Å²) in [5, 5.41) is 19.3. The summed E-state index contributed by atoms with van der Waals surface area (Å²) >= 11 is 0. The van der Waals surface area contributed by atoms with Crippen LogP contribution in [0.15, 0.2) is 53.1 Å².